The first kappa shape index (κ1) is 34.5. The molecule has 2 saturated carbocycles. The molecule has 4 atom stereocenters. The van der Waals surface area contributed by atoms with Crippen LogP contribution in [-0.2, 0) is 9.47 Å². The first-order valence-corrected chi connectivity index (χ1v) is 15.5. The van der Waals surface area contributed by atoms with Crippen LogP contribution >= 0.6 is 0 Å². The maximum atomic E-state index is 11.5. The standard InChI is InChI=1S/2C18H23NO3/c2*1-3-22-17(20)19-16-8-5-10-18(21,13-16)11-9-15-7-4-6-14(2)12-15/h2*4,6-7,12,16,21H,3,5,8,10,13H2,1-2H3,(H,19,20). The van der Waals surface area contributed by atoms with Crippen molar-refractivity contribution in [2.45, 2.75) is 102 Å². The Morgan fingerprint density at radius 2 is 1.18 bits per heavy atom. The number of aryl methyl sites for hydroxylation is 2. The van der Waals surface area contributed by atoms with Crippen LogP contribution < -0.4 is 10.6 Å². The average molecular weight is 603 g/mol. The number of nitrogens with one attached hydrogen (secondary N) is 2. The maximum Gasteiger partial charge on any atom is 0.407 e. The van der Waals surface area contributed by atoms with Crippen molar-refractivity contribution in [3.63, 3.8) is 0 Å². The van der Waals surface area contributed by atoms with Crippen molar-refractivity contribution in [3.05, 3.63) is 70.8 Å². The fraction of sp³-hybridized carbons (Fsp3) is 0.500. The Hall–Kier alpha value is -3.98. The summed E-state index contributed by atoms with van der Waals surface area (Å²) in [5, 5.41) is 26.9. The number of alkyl carbamates (subject to hydrolysis) is 2. The molecule has 4 rings (SSSR count). The molecule has 2 amide bonds. The lowest BCUT2D eigenvalue weighted by atomic mass is 9.82. The lowest BCUT2D eigenvalue weighted by Crippen LogP contribution is -2.45. The molecule has 2 aromatic carbocycles. The predicted octanol–water partition coefficient (Wildman–Crippen LogP) is 5.53. The molecule has 8 heteroatoms. The van der Waals surface area contributed by atoms with Crippen LogP contribution in [0.1, 0.15) is 87.5 Å². The zero-order valence-electron chi connectivity index (χ0n) is 26.4. The van der Waals surface area contributed by atoms with E-state index in [2.05, 4.69) is 34.3 Å². The Bertz CT molecular complexity index is 1280. The molecule has 4 N–H and O–H groups in total. The summed E-state index contributed by atoms with van der Waals surface area (Å²) in [6.45, 7) is 8.25. The van der Waals surface area contributed by atoms with Gasteiger partial charge in [-0.2, -0.15) is 0 Å². The van der Waals surface area contributed by atoms with E-state index >= 15 is 0 Å². The summed E-state index contributed by atoms with van der Waals surface area (Å²) >= 11 is 0. The molecule has 0 radical (unpaired) electrons. The monoisotopic (exact) mass is 602 g/mol. The Balaban J connectivity index is 0.000000240. The molecule has 44 heavy (non-hydrogen) atoms. The van der Waals surface area contributed by atoms with E-state index < -0.39 is 23.4 Å². The Labute approximate surface area is 261 Å². The van der Waals surface area contributed by atoms with Crippen molar-refractivity contribution in [2.24, 2.45) is 0 Å². The van der Waals surface area contributed by atoms with Gasteiger partial charge in [-0.05, 0) is 102 Å². The SMILES string of the molecule is CCOC(=O)NC1CCCC(O)(C#Cc2cccc(C)c2)C1.CCOC(=O)NC1CCCC(O)(C#Cc2cccc(C)c2)C1. The lowest BCUT2D eigenvalue weighted by Gasteiger charge is -2.33. The van der Waals surface area contributed by atoms with Gasteiger partial charge in [0, 0.05) is 36.1 Å². The van der Waals surface area contributed by atoms with Crippen LogP contribution in [0.3, 0.4) is 0 Å². The third-order valence-corrected chi connectivity index (χ3v) is 7.56. The van der Waals surface area contributed by atoms with Crippen LogP contribution in [0.25, 0.3) is 0 Å². The molecule has 2 aliphatic rings. The van der Waals surface area contributed by atoms with Crippen LogP contribution in [-0.4, -0.2) is 58.9 Å². The Morgan fingerprint density at radius 3 is 1.55 bits per heavy atom. The number of hydrogen-bond donors (Lipinski definition) is 4. The molecule has 0 aliphatic heterocycles. The van der Waals surface area contributed by atoms with Gasteiger partial charge in [0.1, 0.15) is 11.2 Å². The molecule has 2 aromatic rings. The van der Waals surface area contributed by atoms with Gasteiger partial charge in [0.2, 0.25) is 0 Å². The smallest absolute Gasteiger partial charge is 0.407 e. The van der Waals surface area contributed by atoms with Gasteiger partial charge in [-0.15, -0.1) is 0 Å². The fourth-order valence-electron chi connectivity index (χ4n) is 5.48. The van der Waals surface area contributed by atoms with Crippen LogP contribution in [0, 0.1) is 37.5 Å². The quantitative estimate of drug-likeness (QED) is 0.342. The van der Waals surface area contributed by atoms with Gasteiger partial charge in [0.05, 0.1) is 13.2 Å². The molecule has 0 saturated heterocycles. The van der Waals surface area contributed by atoms with Gasteiger partial charge in [-0.1, -0.05) is 47.9 Å². The van der Waals surface area contributed by atoms with Gasteiger partial charge >= 0.3 is 12.2 Å². The first-order chi connectivity index (χ1) is 21.0. The van der Waals surface area contributed by atoms with E-state index in [0.717, 1.165) is 47.9 Å². The van der Waals surface area contributed by atoms with Crippen molar-refractivity contribution in [3.8, 4) is 23.7 Å². The largest absolute Gasteiger partial charge is 0.450 e. The number of amides is 2. The van der Waals surface area contributed by atoms with Crippen LogP contribution in [0.5, 0.6) is 0 Å². The number of rotatable bonds is 4. The van der Waals surface area contributed by atoms with Crippen molar-refractivity contribution < 1.29 is 29.3 Å². The van der Waals surface area contributed by atoms with Gasteiger partial charge in [-0.25, -0.2) is 9.59 Å². The Kier molecular flexibility index (Phi) is 13.1. The molecular formula is C36H46N2O6. The second-order valence-electron chi connectivity index (χ2n) is 11.6. The topological polar surface area (TPSA) is 117 Å². The van der Waals surface area contributed by atoms with Crippen molar-refractivity contribution in [2.75, 3.05) is 13.2 Å². The van der Waals surface area contributed by atoms with Gasteiger partial charge in [0.15, 0.2) is 0 Å². The van der Waals surface area contributed by atoms with Crippen molar-refractivity contribution in [1.29, 1.82) is 0 Å². The van der Waals surface area contributed by atoms with E-state index in [1.54, 1.807) is 13.8 Å². The molecule has 0 bridgehead atoms. The first-order valence-electron chi connectivity index (χ1n) is 15.5. The summed E-state index contributed by atoms with van der Waals surface area (Å²) < 4.78 is 9.78. The molecule has 4 unspecified atom stereocenters. The van der Waals surface area contributed by atoms with E-state index in [1.165, 1.54) is 0 Å². The normalized spacial score (nSPS) is 24.0. The number of hydrogen-bond acceptors (Lipinski definition) is 6. The van der Waals surface area contributed by atoms with Crippen LogP contribution in [0.2, 0.25) is 0 Å². The number of aliphatic hydroxyl groups is 2. The van der Waals surface area contributed by atoms with Crippen molar-refractivity contribution >= 4 is 12.2 Å². The summed E-state index contributed by atoms with van der Waals surface area (Å²) in [6, 6.07) is 15.6. The molecule has 0 heterocycles. The van der Waals surface area contributed by atoms with E-state index in [1.807, 2.05) is 62.4 Å². The molecule has 236 valence electrons. The van der Waals surface area contributed by atoms with E-state index in [0.29, 0.717) is 38.9 Å². The second-order valence-corrected chi connectivity index (χ2v) is 11.6. The van der Waals surface area contributed by atoms with Gasteiger partial charge in [-0.3, -0.25) is 0 Å². The third kappa shape index (κ3) is 12.0. The zero-order valence-corrected chi connectivity index (χ0v) is 26.4. The summed E-state index contributed by atoms with van der Waals surface area (Å²) in [4.78, 5) is 23.0. The Morgan fingerprint density at radius 1 is 0.773 bits per heavy atom. The highest BCUT2D eigenvalue weighted by Gasteiger charge is 2.34. The van der Waals surface area contributed by atoms with E-state index in [-0.39, 0.29) is 12.1 Å². The van der Waals surface area contributed by atoms with E-state index in [4.69, 9.17) is 9.47 Å². The van der Waals surface area contributed by atoms with Crippen molar-refractivity contribution in [1.82, 2.24) is 10.6 Å². The molecule has 8 nitrogen and oxygen atoms in total. The maximum absolute atomic E-state index is 11.5. The molecule has 0 spiro atoms. The predicted molar refractivity (Wildman–Crippen MR) is 171 cm³/mol. The highest BCUT2D eigenvalue weighted by atomic mass is 16.6. The minimum absolute atomic E-state index is 0.0930. The summed E-state index contributed by atoms with van der Waals surface area (Å²) in [7, 11) is 0. The summed E-state index contributed by atoms with van der Waals surface area (Å²) in [6.07, 6.45) is 4.62. The molecule has 2 aliphatic carbocycles. The molecule has 2 fully saturated rings. The summed E-state index contributed by atoms with van der Waals surface area (Å²) in [5.41, 5.74) is 1.98. The van der Waals surface area contributed by atoms with Gasteiger partial charge in [0.25, 0.3) is 0 Å². The summed E-state index contributed by atoms with van der Waals surface area (Å²) in [5.74, 6) is 12.1. The highest BCUT2D eigenvalue weighted by molar-refractivity contribution is 5.68. The van der Waals surface area contributed by atoms with Gasteiger partial charge < -0.3 is 30.3 Å². The third-order valence-electron chi connectivity index (χ3n) is 7.56. The number of carbonyl (C=O) groups excluding carboxylic acids is 2. The number of benzene rings is 2. The minimum Gasteiger partial charge on any atom is -0.450 e. The number of carbonyl (C=O) groups is 2. The molecular weight excluding hydrogens is 556 g/mol. The average Bonchev–Trinajstić information content (AvgIpc) is 2.96. The highest BCUT2D eigenvalue weighted by Crippen LogP contribution is 2.29. The van der Waals surface area contributed by atoms with Crippen LogP contribution in [0.4, 0.5) is 9.59 Å². The minimum atomic E-state index is -1.05. The number of ether oxygens (including phenoxy) is 2. The molecule has 0 aromatic heterocycles. The fourth-order valence-corrected chi connectivity index (χ4v) is 5.48. The van der Waals surface area contributed by atoms with Crippen LogP contribution in [0.15, 0.2) is 48.5 Å². The zero-order chi connectivity index (χ0) is 32.0. The lowest BCUT2D eigenvalue weighted by molar-refractivity contribution is 0.0447. The second kappa shape index (κ2) is 16.8. The van der Waals surface area contributed by atoms with E-state index in [9.17, 15) is 19.8 Å².